The number of hydrogen-bond acceptors (Lipinski definition) is 6. The number of ether oxygens (including phenoxy) is 2. The Labute approximate surface area is 199 Å². The zero-order valence-electron chi connectivity index (χ0n) is 19.8. The number of nitrogens with one attached hydrogen (secondary N) is 1. The summed E-state index contributed by atoms with van der Waals surface area (Å²) in [6, 6.07) is 9.74. The van der Waals surface area contributed by atoms with E-state index in [-0.39, 0.29) is 11.3 Å². The van der Waals surface area contributed by atoms with Crippen molar-refractivity contribution in [1.29, 1.82) is 0 Å². The first-order valence-corrected chi connectivity index (χ1v) is 12.0. The molecule has 8 heteroatoms. The molecule has 0 aliphatic carbocycles. The molecule has 2 aromatic rings. The molecule has 0 spiro atoms. The summed E-state index contributed by atoms with van der Waals surface area (Å²) in [6.07, 6.45) is 1.62. The van der Waals surface area contributed by atoms with Gasteiger partial charge >= 0.3 is 0 Å². The Hall–Kier alpha value is -3.10. The van der Waals surface area contributed by atoms with Gasteiger partial charge in [-0.05, 0) is 48.9 Å². The van der Waals surface area contributed by atoms with Gasteiger partial charge in [0.05, 0.1) is 32.4 Å². The molecule has 1 fully saturated rings. The number of furan rings is 1. The number of carbonyl (C=O) groups is 2. The molecule has 0 radical (unpaired) electrons. The lowest BCUT2D eigenvalue weighted by Crippen LogP contribution is -3.14. The number of amides is 1. The lowest BCUT2D eigenvalue weighted by atomic mass is 9.95. The Morgan fingerprint density at radius 2 is 1.91 bits per heavy atom. The predicted molar refractivity (Wildman–Crippen MR) is 122 cm³/mol. The van der Waals surface area contributed by atoms with E-state index in [0.717, 1.165) is 45.7 Å². The third-order valence-electron chi connectivity index (χ3n) is 6.29. The van der Waals surface area contributed by atoms with Crippen LogP contribution in [0.25, 0.3) is 0 Å². The quantitative estimate of drug-likeness (QED) is 0.524. The Morgan fingerprint density at radius 3 is 2.56 bits per heavy atom. The van der Waals surface area contributed by atoms with Crippen LogP contribution >= 0.6 is 0 Å². The Morgan fingerprint density at radius 1 is 1.18 bits per heavy atom. The first kappa shape index (κ1) is 24.0. The van der Waals surface area contributed by atoms with Crippen LogP contribution in [0.2, 0.25) is 0 Å². The molecule has 2 aliphatic heterocycles. The van der Waals surface area contributed by atoms with E-state index in [9.17, 15) is 14.7 Å². The van der Waals surface area contributed by atoms with Gasteiger partial charge in [0, 0.05) is 18.5 Å². The van der Waals surface area contributed by atoms with Crippen molar-refractivity contribution in [2.45, 2.75) is 32.7 Å². The maximum absolute atomic E-state index is 13.3. The number of hydrogen-bond donors (Lipinski definition) is 1. The van der Waals surface area contributed by atoms with E-state index >= 15 is 0 Å². The number of quaternary nitrogens is 1. The molecule has 182 valence electrons. The van der Waals surface area contributed by atoms with E-state index in [1.165, 1.54) is 9.80 Å². The second-order valence-corrected chi connectivity index (χ2v) is 8.77. The molecule has 1 aromatic heterocycles. The van der Waals surface area contributed by atoms with Crippen molar-refractivity contribution >= 4 is 11.7 Å². The molecule has 2 aliphatic rings. The van der Waals surface area contributed by atoms with Gasteiger partial charge in [-0.3, -0.25) is 9.59 Å². The van der Waals surface area contributed by atoms with Crippen molar-refractivity contribution in [3.8, 4) is 5.75 Å². The molecule has 1 unspecified atom stereocenters. The van der Waals surface area contributed by atoms with Crippen molar-refractivity contribution in [3.63, 3.8) is 0 Å². The van der Waals surface area contributed by atoms with E-state index < -0.39 is 23.5 Å². The first-order chi connectivity index (χ1) is 16.5. The number of benzene rings is 1. The summed E-state index contributed by atoms with van der Waals surface area (Å²) in [6.45, 7) is 8.97. The summed E-state index contributed by atoms with van der Waals surface area (Å²) >= 11 is 0. The molecule has 4 rings (SSSR count). The fourth-order valence-electron chi connectivity index (χ4n) is 4.51. The molecule has 34 heavy (non-hydrogen) atoms. The van der Waals surface area contributed by atoms with Crippen LogP contribution < -0.4 is 14.7 Å². The molecule has 3 heterocycles. The third kappa shape index (κ3) is 5.18. The van der Waals surface area contributed by atoms with Gasteiger partial charge in [0.15, 0.2) is 5.76 Å². The molecule has 0 bridgehead atoms. The average molecular weight is 469 g/mol. The standard InChI is InChI=1S/C26H32N2O6/c1-3-15-33-20-8-6-19(7-9-20)23-22(24(29)21-10-5-18(2)34-21)25(30)26(31)28(23)12-4-11-27-13-16-32-17-14-27/h5-10,23,30H,3-4,11-17H2,1-2H3. The lowest BCUT2D eigenvalue weighted by molar-refractivity contribution is -0.908. The van der Waals surface area contributed by atoms with Crippen LogP contribution in [0.1, 0.15) is 47.7 Å². The van der Waals surface area contributed by atoms with E-state index in [2.05, 4.69) is 0 Å². The first-order valence-electron chi connectivity index (χ1n) is 12.0. The van der Waals surface area contributed by atoms with Gasteiger partial charge in [-0.1, -0.05) is 19.1 Å². The van der Waals surface area contributed by atoms with Gasteiger partial charge in [0.2, 0.25) is 11.7 Å². The van der Waals surface area contributed by atoms with Crippen LogP contribution in [0, 0.1) is 6.92 Å². The number of nitrogens with zero attached hydrogens (tertiary/aromatic N) is 1. The maximum atomic E-state index is 13.3. The van der Waals surface area contributed by atoms with E-state index in [4.69, 9.17) is 13.9 Å². The van der Waals surface area contributed by atoms with Crippen LogP contribution in [0.4, 0.5) is 0 Å². The second kappa shape index (κ2) is 10.9. The van der Waals surface area contributed by atoms with Crippen LogP contribution in [0.3, 0.4) is 0 Å². The van der Waals surface area contributed by atoms with Crippen LogP contribution in [-0.4, -0.2) is 62.6 Å². The zero-order valence-corrected chi connectivity index (χ0v) is 19.8. The van der Waals surface area contributed by atoms with E-state index in [0.29, 0.717) is 30.2 Å². The number of carbonyl (C=O) groups excluding carboxylic acids is 2. The van der Waals surface area contributed by atoms with Gasteiger partial charge in [0.25, 0.3) is 0 Å². The van der Waals surface area contributed by atoms with Gasteiger partial charge in [-0.2, -0.15) is 0 Å². The molecule has 1 atom stereocenters. The minimum atomic E-state index is -0.755. The van der Waals surface area contributed by atoms with Crippen LogP contribution in [-0.2, 0) is 9.53 Å². The van der Waals surface area contributed by atoms with Crippen molar-refractivity contribution in [1.82, 2.24) is 4.90 Å². The zero-order chi connectivity index (χ0) is 24.1. The maximum Gasteiger partial charge on any atom is 0.239 e. The average Bonchev–Trinajstić information content (AvgIpc) is 3.40. The molecule has 0 saturated carbocycles. The van der Waals surface area contributed by atoms with Crippen molar-refractivity contribution in [3.05, 3.63) is 64.8 Å². The molecule has 1 N–H and O–H groups in total. The third-order valence-corrected chi connectivity index (χ3v) is 6.29. The Kier molecular flexibility index (Phi) is 7.70. The van der Waals surface area contributed by atoms with Crippen LogP contribution in [0.5, 0.6) is 5.75 Å². The van der Waals surface area contributed by atoms with Crippen molar-refractivity contribution < 1.29 is 33.5 Å². The van der Waals surface area contributed by atoms with E-state index in [1.54, 1.807) is 19.1 Å². The number of aryl methyl sites for hydroxylation is 1. The summed E-state index contributed by atoms with van der Waals surface area (Å²) < 4.78 is 16.6. The number of rotatable bonds is 10. The highest BCUT2D eigenvalue weighted by molar-refractivity contribution is 6.14. The molecule has 8 nitrogen and oxygen atoms in total. The Balaban J connectivity index is 1.59. The van der Waals surface area contributed by atoms with E-state index in [1.807, 2.05) is 31.2 Å². The highest BCUT2D eigenvalue weighted by atomic mass is 16.5. The molecule has 1 amide bonds. The van der Waals surface area contributed by atoms with Gasteiger partial charge in [0.1, 0.15) is 24.6 Å². The lowest BCUT2D eigenvalue weighted by Gasteiger charge is -2.29. The minimum absolute atomic E-state index is 0.0553. The highest BCUT2D eigenvalue weighted by Gasteiger charge is 2.40. The summed E-state index contributed by atoms with van der Waals surface area (Å²) in [5.41, 5.74) is 0.647. The summed E-state index contributed by atoms with van der Waals surface area (Å²) in [7, 11) is 0. The number of morpholine rings is 1. The highest BCUT2D eigenvalue weighted by Crippen LogP contribution is 2.38. The van der Waals surface area contributed by atoms with Gasteiger partial charge in [-0.15, -0.1) is 0 Å². The monoisotopic (exact) mass is 468 g/mol. The minimum Gasteiger partial charge on any atom is -0.868 e. The van der Waals surface area contributed by atoms with Gasteiger partial charge < -0.3 is 28.8 Å². The number of ketones is 1. The molecular weight excluding hydrogens is 436 g/mol. The molecule has 1 saturated heterocycles. The smallest absolute Gasteiger partial charge is 0.239 e. The van der Waals surface area contributed by atoms with Crippen molar-refractivity contribution in [2.24, 2.45) is 0 Å². The topological polar surface area (TPSA) is 96.5 Å². The van der Waals surface area contributed by atoms with Gasteiger partial charge in [-0.25, -0.2) is 0 Å². The summed E-state index contributed by atoms with van der Waals surface area (Å²) in [5.74, 6) is -0.586. The fourth-order valence-corrected chi connectivity index (χ4v) is 4.51. The normalized spacial score (nSPS) is 19.2. The molecule has 1 aromatic carbocycles. The van der Waals surface area contributed by atoms with Crippen LogP contribution in [0.15, 0.2) is 52.1 Å². The largest absolute Gasteiger partial charge is 0.868 e. The van der Waals surface area contributed by atoms with Crippen molar-refractivity contribution in [2.75, 3.05) is 46.0 Å². The summed E-state index contributed by atoms with van der Waals surface area (Å²) in [5, 5.41) is 13.1. The SMILES string of the molecule is CCCOc1ccc(C2C(C(=O)c3ccc(C)o3)=C([O-])C(=O)N2CCC[NH+]2CCOCC2)cc1. The second-order valence-electron chi connectivity index (χ2n) is 8.77. The Bertz CT molecular complexity index is 1040. The fraction of sp³-hybridized carbons (Fsp3) is 0.462. The predicted octanol–water partition coefficient (Wildman–Crippen LogP) is 1.06. The summed E-state index contributed by atoms with van der Waals surface area (Å²) in [4.78, 5) is 29.3. The number of Topliss-reactive ketones (excluding diaryl/α,β-unsaturated/α-hetero) is 1. The molecular formula is C26H32N2O6.